The van der Waals surface area contributed by atoms with Crippen LogP contribution in [-0.4, -0.2) is 19.9 Å². The molecule has 0 atom stereocenters. The number of nitrogens with zero attached hydrogens (tertiary/aromatic N) is 4. The lowest BCUT2D eigenvalue weighted by Crippen LogP contribution is -2.06. The van der Waals surface area contributed by atoms with Crippen molar-refractivity contribution in [2.75, 3.05) is 0 Å². The molecule has 10 heteroatoms. The van der Waals surface area contributed by atoms with Gasteiger partial charge in [-0.05, 0) is 42.5 Å². The predicted octanol–water partition coefficient (Wildman–Crippen LogP) is 5.90. The molecule has 0 bridgehead atoms. The Balaban J connectivity index is 1.93. The van der Waals surface area contributed by atoms with Crippen molar-refractivity contribution in [3.8, 4) is 11.6 Å². The molecule has 2 aromatic heterocycles. The van der Waals surface area contributed by atoms with Gasteiger partial charge in [-0.2, -0.15) is 5.10 Å². The number of benzene rings is 2. The fourth-order valence-electron chi connectivity index (χ4n) is 2.73. The number of hydrogen-bond acceptors (Lipinski definition) is 5. The zero-order chi connectivity index (χ0) is 19.8. The predicted molar refractivity (Wildman–Crippen MR) is 112 cm³/mol. The molecule has 2 heterocycles. The summed E-state index contributed by atoms with van der Waals surface area (Å²) >= 11 is 15.3. The van der Waals surface area contributed by atoms with Gasteiger partial charge < -0.3 is 5.11 Å². The van der Waals surface area contributed by atoms with Gasteiger partial charge in [0.15, 0.2) is 5.69 Å². The van der Waals surface area contributed by atoms with Gasteiger partial charge in [-0.15, -0.1) is 10.2 Å². The van der Waals surface area contributed by atoms with Gasteiger partial charge in [0.1, 0.15) is 10.7 Å². The standard InChI is InChI=1S/C18H10BrCl2N5O2/c19-9-1-6-14-12(7-9)16(24-23-13-8-22-25-17(27)15(13)21)18(28)26(14)11-4-2-10(20)3-5-11/h1-8,28H,(H,25,27). The fraction of sp³-hybridized carbons (Fsp3) is 0. The Morgan fingerprint density at radius 3 is 2.61 bits per heavy atom. The van der Waals surface area contributed by atoms with Crippen LogP contribution in [-0.2, 0) is 0 Å². The second-order valence-corrected chi connectivity index (χ2v) is 7.47. The molecule has 0 fully saturated rings. The van der Waals surface area contributed by atoms with E-state index in [4.69, 9.17) is 23.2 Å². The van der Waals surface area contributed by atoms with Crippen molar-refractivity contribution >= 4 is 61.4 Å². The Bertz CT molecular complexity index is 1280. The van der Waals surface area contributed by atoms with Crippen LogP contribution >= 0.6 is 39.1 Å². The third-order valence-electron chi connectivity index (χ3n) is 4.00. The van der Waals surface area contributed by atoms with Crippen LogP contribution in [0.1, 0.15) is 0 Å². The third-order valence-corrected chi connectivity index (χ3v) is 5.11. The number of halogens is 3. The SMILES string of the molecule is O=c1[nH]ncc(N=Nc2c(O)n(-c3ccc(Cl)cc3)c3ccc(Br)cc23)c1Cl. The first-order valence-electron chi connectivity index (χ1n) is 7.89. The maximum absolute atomic E-state index is 11.6. The summed E-state index contributed by atoms with van der Waals surface area (Å²) in [5, 5.41) is 26.0. The molecule has 0 aliphatic rings. The summed E-state index contributed by atoms with van der Waals surface area (Å²) in [6.45, 7) is 0. The van der Waals surface area contributed by atoms with E-state index in [1.165, 1.54) is 6.20 Å². The molecule has 4 rings (SSSR count). The minimum absolute atomic E-state index is 0.0900. The number of hydrogen-bond donors (Lipinski definition) is 2. The van der Waals surface area contributed by atoms with Gasteiger partial charge in [0, 0.05) is 20.6 Å². The topological polar surface area (TPSA) is 95.6 Å². The van der Waals surface area contributed by atoms with Crippen molar-refractivity contribution in [3.63, 3.8) is 0 Å². The van der Waals surface area contributed by atoms with Crippen LogP contribution in [0.2, 0.25) is 10.0 Å². The molecule has 0 amide bonds. The van der Waals surface area contributed by atoms with E-state index in [1.54, 1.807) is 28.8 Å². The molecule has 2 aromatic carbocycles. The van der Waals surface area contributed by atoms with E-state index in [1.807, 2.05) is 18.2 Å². The Hall–Kier alpha value is -2.68. The summed E-state index contributed by atoms with van der Waals surface area (Å²) in [5.41, 5.74) is 1.15. The highest BCUT2D eigenvalue weighted by Gasteiger charge is 2.18. The van der Waals surface area contributed by atoms with E-state index >= 15 is 0 Å². The molecule has 2 N–H and O–H groups in total. The highest BCUT2D eigenvalue weighted by molar-refractivity contribution is 9.10. The minimum atomic E-state index is -0.575. The first-order chi connectivity index (χ1) is 13.5. The highest BCUT2D eigenvalue weighted by Crippen LogP contribution is 2.42. The summed E-state index contributed by atoms with van der Waals surface area (Å²) in [5.74, 6) is -0.118. The van der Waals surface area contributed by atoms with Crippen molar-refractivity contribution in [2.45, 2.75) is 0 Å². The zero-order valence-electron chi connectivity index (χ0n) is 13.9. The van der Waals surface area contributed by atoms with Crippen LogP contribution in [0.25, 0.3) is 16.6 Å². The van der Waals surface area contributed by atoms with Crippen LogP contribution in [0.3, 0.4) is 0 Å². The number of aromatic nitrogens is 3. The molecule has 0 aliphatic carbocycles. The number of azo groups is 1. The van der Waals surface area contributed by atoms with Crippen molar-refractivity contribution in [2.24, 2.45) is 10.2 Å². The molecule has 4 aromatic rings. The van der Waals surface area contributed by atoms with E-state index in [2.05, 4.69) is 36.4 Å². The first kappa shape index (κ1) is 18.7. The van der Waals surface area contributed by atoms with Gasteiger partial charge in [-0.1, -0.05) is 39.1 Å². The second-order valence-electron chi connectivity index (χ2n) is 5.74. The minimum Gasteiger partial charge on any atom is -0.493 e. The fourth-order valence-corrected chi connectivity index (χ4v) is 3.35. The molecule has 0 unspecified atom stereocenters. The molecule has 0 saturated carbocycles. The second kappa shape index (κ2) is 7.38. The molecule has 0 saturated heterocycles. The van der Waals surface area contributed by atoms with E-state index in [9.17, 15) is 9.90 Å². The Morgan fingerprint density at radius 1 is 1.11 bits per heavy atom. The molecular formula is C18H10BrCl2N5O2. The van der Waals surface area contributed by atoms with Crippen molar-refractivity contribution in [1.29, 1.82) is 0 Å². The number of H-pyrrole nitrogens is 1. The van der Waals surface area contributed by atoms with Crippen LogP contribution in [0.4, 0.5) is 11.4 Å². The summed E-state index contributed by atoms with van der Waals surface area (Å²) < 4.78 is 2.44. The Kier molecular flexibility index (Phi) is 4.92. The van der Waals surface area contributed by atoms with E-state index in [0.717, 1.165) is 4.47 Å². The average Bonchev–Trinajstić information content (AvgIpc) is 2.94. The zero-order valence-corrected chi connectivity index (χ0v) is 17.0. The summed E-state index contributed by atoms with van der Waals surface area (Å²) in [6, 6.07) is 12.5. The van der Waals surface area contributed by atoms with Gasteiger partial charge >= 0.3 is 0 Å². The number of rotatable bonds is 3. The lowest BCUT2D eigenvalue weighted by atomic mass is 10.2. The number of nitrogens with one attached hydrogen (secondary N) is 1. The molecule has 0 spiro atoms. The van der Waals surface area contributed by atoms with Crippen LogP contribution in [0, 0.1) is 0 Å². The quantitative estimate of drug-likeness (QED) is 0.358. The van der Waals surface area contributed by atoms with Crippen molar-refractivity contribution in [1.82, 2.24) is 14.8 Å². The highest BCUT2D eigenvalue weighted by atomic mass is 79.9. The van der Waals surface area contributed by atoms with Crippen LogP contribution < -0.4 is 5.56 Å². The number of aromatic hydroxyl groups is 1. The average molecular weight is 479 g/mol. The number of fused-ring (bicyclic) bond motifs is 1. The maximum Gasteiger partial charge on any atom is 0.285 e. The Labute approximate surface area is 176 Å². The molecule has 28 heavy (non-hydrogen) atoms. The van der Waals surface area contributed by atoms with Gasteiger partial charge in [0.25, 0.3) is 5.56 Å². The van der Waals surface area contributed by atoms with Crippen molar-refractivity contribution < 1.29 is 5.11 Å². The van der Waals surface area contributed by atoms with Gasteiger partial charge in [-0.25, -0.2) is 5.10 Å². The van der Waals surface area contributed by atoms with Gasteiger partial charge in [0.2, 0.25) is 5.88 Å². The summed E-state index contributed by atoms with van der Waals surface area (Å²) in [7, 11) is 0. The van der Waals surface area contributed by atoms with E-state index in [0.29, 0.717) is 21.6 Å². The van der Waals surface area contributed by atoms with E-state index in [-0.39, 0.29) is 22.3 Å². The lowest BCUT2D eigenvalue weighted by Gasteiger charge is -2.07. The van der Waals surface area contributed by atoms with Crippen LogP contribution in [0.5, 0.6) is 5.88 Å². The lowest BCUT2D eigenvalue weighted by molar-refractivity contribution is 0.446. The van der Waals surface area contributed by atoms with Crippen LogP contribution in [0.15, 0.2) is 68.2 Å². The Morgan fingerprint density at radius 2 is 1.86 bits per heavy atom. The normalized spacial score (nSPS) is 11.5. The monoisotopic (exact) mass is 477 g/mol. The first-order valence-corrected chi connectivity index (χ1v) is 9.44. The summed E-state index contributed by atoms with van der Waals surface area (Å²) in [6.07, 6.45) is 1.28. The molecule has 140 valence electrons. The number of aromatic amines is 1. The smallest absolute Gasteiger partial charge is 0.285 e. The maximum atomic E-state index is 11.6. The molecular weight excluding hydrogens is 469 g/mol. The summed E-state index contributed by atoms with van der Waals surface area (Å²) in [4.78, 5) is 11.6. The van der Waals surface area contributed by atoms with Crippen molar-refractivity contribution in [3.05, 3.63) is 73.5 Å². The van der Waals surface area contributed by atoms with Gasteiger partial charge in [0.05, 0.1) is 11.7 Å². The third kappa shape index (κ3) is 3.30. The molecule has 0 aliphatic heterocycles. The van der Waals surface area contributed by atoms with Gasteiger partial charge in [-0.3, -0.25) is 9.36 Å². The molecule has 7 nitrogen and oxygen atoms in total. The van der Waals surface area contributed by atoms with E-state index < -0.39 is 5.56 Å². The molecule has 0 radical (unpaired) electrons. The largest absolute Gasteiger partial charge is 0.493 e.